The topological polar surface area (TPSA) is 111 Å². The third-order valence-corrected chi connectivity index (χ3v) is 4.86. The predicted octanol–water partition coefficient (Wildman–Crippen LogP) is 1.19. The summed E-state index contributed by atoms with van der Waals surface area (Å²) in [5.41, 5.74) is 0.755. The van der Waals surface area contributed by atoms with E-state index in [1.54, 1.807) is 12.1 Å². The zero-order chi connectivity index (χ0) is 18.9. The number of hydrogen-bond acceptors (Lipinski definition) is 7. The van der Waals surface area contributed by atoms with Gasteiger partial charge in [-0.3, -0.25) is 0 Å². The van der Waals surface area contributed by atoms with Gasteiger partial charge >= 0.3 is 29.6 Å². The van der Waals surface area contributed by atoms with E-state index in [1.165, 1.54) is 26.2 Å². The zero-order valence-corrected chi connectivity index (χ0v) is 17.8. The summed E-state index contributed by atoms with van der Waals surface area (Å²) in [7, 11) is -3.29. The van der Waals surface area contributed by atoms with Crippen molar-refractivity contribution in [2.75, 3.05) is 7.11 Å². The van der Waals surface area contributed by atoms with Crippen LogP contribution in [-0.4, -0.2) is 25.2 Å². The number of phenolic OH excluding ortho intramolecular Hbond substituents is 1. The van der Waals surface area contributed by atoms with Crippen LogP contribution in [0.3, 0.4) is 0 Å². The van der Waals surface area contributed by atoms with E-state index in [-0.39, 0.29) is 62.9 Å². The molecule has 9 heteroatoms. The van der Waals surface area contributed by atoms with Crippen molar-refractivity contribution in [2.45, 2.75) is 11.8 Å². The van der Waals surface area contributed by atoms with E-state index in [4.69, 9.17) is 4.74 Å². The molecule has 0 saturated heterocycles. The molecule has 3 aromatic rings. The Morgan fingerprint density at radius 3 is 2.44 bits per heavy atom. The molecule has 0 aliphatic heterocycles. The number of methoxy groups -OCH3 is 1. The molecule has 0 unspecified atom stereocenters. The van der Waals surface area contributed by atoms with E-state index in [9.17, 15) is 18.1 Å². The second kappa shape index (κ2) is 8.37. The van der Waals surface area contributed by atoms with Gasteiger partial charge in [0.15, 0.2) is 0 Å². The van der Waals surface area contributed by atoms with E-state index < -0.39 is 10.1 Å². The molecule has 7 nitrogen and oxygen atoms in total. The molecular weight excluding hydrogens is 379 g/mol. The fraction of sp³-hybridized carbons (Fsp3) is 0.111. The average molecular weight is 394 g/mol. The number of nitrogens with zero attached hydrogens (tertiary/aromatic N) is 2. The Bertz CT molecular complexity index is 1130. The molecule has 0 saturated carbocycles. The van der Waals surface area contributed by atoms with Crippen molar-refractivity contribution in [1.82, 2.24) is 0 Å². The number of rotatable bonds is 4. The quantitative estimate of drug-likeness (QED) is 0.406. The molecule has 134 valence electrons. The minimum absolute atomic E-state index is 0. The van der Waals surface area contributed by atoms with Crippen LogP contribution in [0.4, 0.5) is 11.4 Å². The number of phenols is 1. The minimum atomic E-state index is -4.63. The molecule has 1 N–H and O–H groups in total. The van der Waals surface area contributed by atoms with E-state index in [1.807, 2.05) is 18.2 Å². The molecule has 3 rings (SSSR count). The molecule has 3 aromatic carbocycles. The van der Waals surface area contributed by atoms with Crippen molar-refractivity contribution < 1.29 is 52.4 Å². The van der Waals surface area contributed by atoms with E-state index in [2.05, 4.69) is 10.2 Å². The molecule has 27 heavy (non-hydrogen) atoms. The van der Waals surface area contributed by atoms with E-state index in [0.717, 1.165) is 11.5 Å². The van der Waals surface area contributed by atoms with Gasteiger partial charge < -0.3 is 14.4 Å². The van der Waals surface area contributed by atoms with Crippen LogP contribution in [-0.2, 0) is 10.1 Å². The molecule has 0 aromatic heterocycles. The number of azo groups is 1. The largest absolute Gasteiger partial charge is 1.00 e. The van der Waals surface area contributed by atoms with Gasteiger partial charge in [-0.25, -0.2) is 8.42 Å². The summed E-state index contributed by atoms with van der Waals surface area (Å²) in [6.45, 7) is 1.48. The van der Waals surface area contributed by atoms with Gasteiger partial charge in [0.1, 0.15) is 33.0 Å². The number of fused-ring (bicyclic) bond motifs is 1. The van der Waals surface area contributed by atoms with Crippen LogP contribution in [0.5, 0.6) is 11.5 Å². The molecular formula is C18H15N2NaO5S. The summed E-state index contributed by atoms with van der Waals surface area (Å²) < 4.78 is 39.0. The van der Waals surface area contributed by atoms with Gasteiger partial charge in [0.05, 0.1) is 12.0 Å². The Kier molecular flexibility index (Phi) is 6.61. The summed E-state index contributed by atoms with van der Waals surface area (Å²) >= 11 is 0. The number of aromatic hydroxyl groups is 1. The number of benzene rings is 3. The maximum Gasteiger partial charge on any atom is 1.00 e. The SMILES string of the molecule is COc1cc(S(=O)(=O)[O-])c(C)cc1N=Nc1c(O)ccc2ccccc12.[Na+]. The first-order chi connectivity index (χ1) is 12.3. The molecule has 0 atom stereocenters. The van der Waals surface area contributed by atoms with Crippen molar-refractivity contribution in [2.24, 2.45) is 10.2 Å². The smallest absolute Gasteiger partial charge is 0.744 e. The van der Waals surface area contributed by atoms with Crippen molar-refractivity contribution in [3.05, 3.63) is 54.1 Å². The Morgan fingerprint density at radius 2 is 1.78 bits per heavy atom. The predicted molar refractivity (Wildman–Crippen MR) is 95.5 cm³/mol. The van der Waals surface area contributed by atoms with E-state index in [0.29, 0.717) is 5.39 Å². The summed E-state index contributed by atoms with van der Waals surface area (Å²) in [6, 6.07) is 13.2. The van der Waals surface area contributed by atoms with Crippen LogP contribution in [0.1, 0.15) is 5.56 Å². The second-order valence-corrected chi connectivity index (χ2v) is 6.95. The fourth-order valence-electron chi connectivity index (χ4n) is 2.62. The Labute approximate surface area is 178 Å². The van der Waals surface area contributed by atoms with Gasteiger partial charge in [0.2, 0.25) is 0 Å². The Morgan fingerprint density at radius 1 is 1.07 bits per heavy atom. The van der Waals surface area contributed by atoms with Crippen molar-refractivity contribution >= 4 is 32.3 Å². The zero-order valence-electron chi connectivity index (χ0n) is 15.0. The molecule has 0 heterocycles. The first-order valence-electron chi connectivity index (χ1n) is 7.58. The van der Waals surface area contributed by atoms with Gasteiger partial charge in [-0.1, -0.05) is 30.3 Å². The number of hydrogen-bond donors (Lipinski definition) is 1. The van der Waals surface area contributed by atoms with Crippen LogP contribution in [0, 0.1) is 6.92 Å². The maximum atomic E-state index is 11.3. The number of aryl methyl sites for hydroxylation is 1. The average Bonchev–Trinajstić information content (AvgIpc) is 2.60. The van der Waals surface area contributed by atoms with Gasteiger partial charge in [-0.05, 0) is 30.0 Å². The third kappa shape index (κ3) is 4.48. The van der Waals surface area contributed by atoms with Gasteiger partial charge in [-0.15, -0.1) is 10.2 Å². The molecule has 0 fully saturated rings. The van der Waals surface area contributed by atoms with Crippen LogP contribution in [0.2, 0.25) is 0 Å². The molecule has 0 aliphatic carbocycles. The monoisotopic (exact) mass is 394 g/mol. The Balaban J connectivity index is 0.00000261. The summed E-state index contributed by atoms with van der Waals surface area (Å²) in [5.74, 6) is 0.0513. The van der Waals surface area contributed by atoms with E-state index >= 15 is 0 Å². The summed E-state index contributed by atoms with van der Waals surface area (Å²) in [4.78, 5) is -0.374. The molecule has 0 aliphatic rings. The first kappa shape index (κ1) is 21.3. The van der Waals surface area contributed by atoms with Gasteiger partial charge in [0.25, 0.3) is 0 Å². The number of ether oxygens (including phenoxy) is 1. The summed E-state index contributed by atoms with van der Waals surface area (Å²) in [6.07, 6.45) is 0. The minimum Gasteiger partial charge on any atom is -0.744 e. The molecule has 0 radical (unpaired) electrons. The molecule has 0 spiro atoms. The van der Waals surface area contributed by atoms with Gasteiger partial charge in [-0.2, -0.15) is 0 Å². The summed E-state index contributed by atoms with van der Waals surface area (Å²) in [5, 5.41) is 19.9. The normalized spacial score (nSPS) is 11.5. The van der Waals surface area contributed by atoms with Crippen LogP contribution < -0.4 is 34.3 Å². The molecule has 0 amide bonds. The van der Waals surface area contributed by atoms with Crippen LogP contribution in [0.25, 0.3) is 10.8 Å². The fourth-order valence-corrected chi connectivity index (χ4v) is 3.32. The van der Waals surface area contributed by atoms with Crippen molar-refractivity contribution in [3.63, 3.8) is 0 Å². The van der Waals surface area contributed by atoms with Crippen molar-refractivity contribution in [3.8, 4) is 11.5 Å². The first-order valence-corrected chi connectivity index (χ1v) is 8.99. The van der Waals surface area contributed by atoms with Crippen LogP contribution >= 0.6 is 0 Å². The third-order valence-electron chi connectivity index (χ3n) is 3.88. The van der Waals surface area contributed by atoms with Crippen LogP contribution in [0.15, 0.2) is 63.7 Å². The van der Waals surface area contributed by atoms with Gasteiger partial charge in [0, 0.05) is 11.5 Å². The Hall–Kier alpha value is -1.97. The second-order valence-electron chi connectivity index (χ2n) is 5.60. The molecule has 0 bridgehead atoms. The van der Waals surface area contributed by atoms with Crippen molar-refractivity contribution in [1.29, 1.82) is 0 Å². The standard InChI is InChI=1S/C18H16N2O5S.Na/c1-11-9-14(16(25-2)10-17(11)26(22,23)24)19-20-18-13-6-4-3-5-12(13)7-8-15(18)21;/h3-10,21H,1-2H3,(H,22,23,24);/q;+1/p-1. The maximum absolute atomic E-state index is 11.3.